The Hall–Kier alpha value is -4.35. The molecule has 0 radical (unpaired) electrons. The van der Waals surface area contributed by atoms with Crippen molar-refractivity contribution in [2.24, 2.45) is 17.8 Å². The van der Waals surface area contributed by atoms with Crippen LogP contribution in [0.5, 0.6) is 0 Å². The third-order valence-electron chi connectivity index (χ3n) is 19.9. The molecule has 3 heterocycles. The number of hydrogen-bond acceptors (Lipinski definition) is 23. The number of fused-ring (bicyclic) bond motifs is 2. The Bertz CT molecular complexity index is 2670. The Morgan fingerprint density at radius 1 is 0.575 bits per heavy atom. The van der Waals surface area contributed by atoms with E-state index in [0.717, 1.165) is 51.4 Å². The highest BCUT2D eigenvalue weighted by Crippen LogP contribution is 2.42. The summed E-state index contributed by atoms with van der Waals surface area (Å²) in [6.45, 7) is 9.75. The maximum atomic E-state index is 13.7. The standard InChI is InChI=1S/C80H136NO24P/c1-7-9-11-13-15-17-21-27-31-35-39-43-70(88)99-55-65(103-71(89)44-40-36-32-28-22-18-16-14-12-10-8-2)56-100-106(97,98)48-47-81-74-76(92)60(6)102-79(77(74)93)104-64-42-38-34-30-26-24-20-19-23-25-29-33-37-41-57(3)75(91)58(4)59(5)101-72(90)51-62(83)49-61(82)45-46-66(85)67(86)50-63(84)53-80(96)54-68(87)73(78(94)95)69(52-64)105-80/h19-20,23-26,29-30,33-34,37-38,41-42,57-69,73-77,79,81-87,91-93,96H,7-18,21-22,27-28,31-32,35-36,39-40,43-56H2,1-6H3,(H,94,95)(H,97,98)/t57-,58-,59-,60+,61+,62+,63-,64-,65+,66+,67+,68-,69-,73+,74-,75+,76+,77-,79-,80+/m0/s1. The van der Waals surface area contributed by atoms with Crippen LogP contribution in [0.4, 0.5) is 0 Å². The van der Waals surface area contributed by atoms with Gasteiger partial charge in [0.05, 0.1) is 92.4 Å². The summed E-state index contributed by atoms with van der Waals surface area (Å²) in [6, 6.07) is -1.29. The number of rotatable bonds is 37. The van der Waals surface area contributed by atoms with E-state index in [0.29, 0.717) is 12.8 Å². The van der Waals surface area contributed by atoms with E-state index < -0.39 is 198 Å². The van der Waals surface area contributed by atoms with Crippen molar-refractivity contribution in [1.82, 2.24) is 5.32 Å². The molecule has 0 aromatic rings. The van der Waals surface area contributed by atoms with Crippen LogP contribution in [-0.2, 0) is 56.7 Å². The van der Waals surface area contributed by atoms with Crippen LogP contribution in [0.3, 0.4) is 0 Å². The van der Waals surface area contributed by atoms with Crippen LogP contribution in [0.25, 0.3) is 0 Å². The molecular weight excluding hydrogens is 1390 g/mol. The number of aliphatic hydroxyl groups is 10. The molecule has 0 spiro atoms. The third kappa shape index (κ3) is 41.6. The molecule has 2 saturated heterocycles. The number of carboxylic acids is 1. The maximum absolute atomic E-state index is 13.7. The highest BCUT2D eigenvalue weighted by atomic mass is 31.2. The molecule has 610 valence electrons. The Labute approximate surface area is 631 Å². The summed E-state index contributed by atoms with van der Waals surface area (Å²) in [5.41, 5.74) is 0. The molecule has 0 aromatic heterocycles. The second-order valence-electron chi connectivity index (χ2n) is 29.5. The summed E-state index contributed by atoms with van der Waals surface area (Å²) in [7, 11) is -4.54. The van der Waals surface area contributed by atoms with Gasteiger partial charge in [0.2, 0.25) is 0 Å². The van der Waals surface area contributed by atoms with Crippen LogP contribution < -0.4 is 5.32 Å². The van der Waals surface area contributed by atoms with Gasteiger partial charge in [0.15, 0.2) is 18.2 Å². The molecule has 13 N–H and O–H groups in total. The molecule has 0 saturated carbocycles. The fraction of sp³-hybridized carbons (Fsp3) is 0.775. The summed E-state index contributed by atoms with van der Waals surface area (Å²) in [5, 5.41) is 126. The monoisotopic (exact) mass is 1530 g/mol. The molecular formula is C80H136NO24P. The van der Waals surface area contributed by atoms with Gasteiger partial charge < -0.3 is 99.3 Å². The van der Waals surface area contributed by atoms with Crippen molar-refractivity contribution in [2.45, 2.75) is 351 Å². The number of carbonyl (C=O) groups excluding carboxylic acids is 3. The minimum atomic E-state index is -4.54. The SMILES string of the molecule is CCCCCCCCCCCCCC(=O)OC[C@H](COP(=O)(O)CCN[C@@H]1[C@H](O)[C@H](O[C@H]2C=CC=CC=CC=CC=CC=CC=C[C@H](C)[C@@H](O)[C@@H](C)[C@H](C)OC(=O)C[C@H](O)C[C@H](O)CC[C@@H](O)[C@H](O)C[C@H](O)C[C@]3(O)C[C@H](O)[C@@H](C(=O)O)[C@H](C2)O3)O[C@H](C)[C@H]1O)OC(=O)CCCCCCCCCCCCC. The van der Waals surface area contributed by atoms with Gasteiger partial charge in [-0.15, -0.1) is 0 Å². The number of carboxylic acid groups (broad SMARTS) is 1. The number of nitrogens with one attached hydrogen (secondary N) is 1. The first-order valence-corrected chi connectivity index (χ1v) is 41.3. The van der Waals surface area contributed by atoms with E-state index in [9.17, 15) is 84.8 Å². The number of cyclic esters (lactones) is 1. The van der Waals surface area contributed by atoms with E-state index >= 15 is 0 Å². The Balaban J connectivity index is 1.81. The first-order valence-electron chi connectivity index (χ1n) is 39.6. The van der Waals surface area contributed by atoms with Crippen molar-refractivity contribution in [3.05, 3.63) is 85.1 Å². The number of allylic oxidation sites excluding steroid dienone is 12. The Morgan fingerprint density at radius 3 is 1.62 bits per heavy atom. The minimum Gasteiger partial charge on any atom is -0.481 e. The summed E-state index contributed by atoms with van der Waals surface area (Å²) in [5.74, 6) is -8.28. The highest BCUT2D eigenvalue weighted by molar-refractivity contribution is 7.52. The Kier molecular flexibility index (Phi) is 49.8. The lowest BCUT2D eigenvalue weighted by Crippen LogP contribution is -2.63. The maximum Gasteiger partial charge on any atom is 0.329 e. The van der Waals surface area contributed by atoms with E-state index in [-0.39, 0.29) is 44.6 Å². The molecule has 0 aromatic carbocycles. The summed E-state index contributed by atoms with van der Waals surface area (Å²) in [4.78, 5) is 63.0. The quantitative estimate of drug-likeness (QED) is 0.0119. The summed E-state index contributed by atoms with van der Waals surface area (Å²) < 4.78 is 54.4. The average molecular weight is 1530 g/mol. The molecule has 2 bridgehead atoms. The number of unbranched alkanes of at least 4 members (excludes halogenated alkanes) is 20. The smallest absolute Gasteiger partial charge is 0.329 e. The van der Waals surface area contributed by atoms with Gasteiger partial charge in [0, 0.05) is 56.9 Å². The number of hydrogen-bond donors (Lipinski definition) is 13. The number of aliphatic hydroxyl groups excluding tert-OH is 9. The lowest BCUT2D eigenvalue weighted by atomic mass is 9.82. The van der Waals surface area contributed by atoms with E-state index in [4.69, 9.17) is 32.9 Å². The van der Waals surface area contributed by atoms with Gasteiger partial charge in [-0.2, -0.15) is 0 Å². The van der Waals surface area contributed by atoms with Crippen LogP contribution >= 0.6 is 7.60 Å². The van der Waals surface area contributed by atoms with Crippen LogP contribution in [0, 0.1) is 17.8 Å². The summed E-state index contributed by atoms with van der Waals surface area (Å²) >= 11 is 0. The van der Waals surface area contributed by atoms with Crippen molar-refractivity contribution in [1.29, 1.82) is 0 Å². The molecule has 3 rings (SSSR count). The van der Waals surface area contributed by atoms with E-state index in [1.165, 1.54) is 96.1 Å². The van der Waals surface area contributed by atoms with E-state index in [1.54, 1.807) is 80.7 Å². The number of aliphatic carboxylic acids is 1. The van der Waals surface area contributed by atoms with E-state index in [2.05, 4.69) is 19.2 Å². The molecule has 21 atom stereocenters. The second kappa shape index (κ2) is 55.1. The van der Waals surface area contributed by atoms with Gasteiger partial charge in [-0.05, 0) is 46.0 Å². The first kappa shape index (κ1) is 95.9. The number of ether oxygens (including phenoxy) is 6. The Morgan fingerprint density at radius 2 is 1.08 bits per heavy atom. The molecule has 1 unspecified atom stereocenters. The fourth-order valence-corrected chi connectivity index (χ4v) is 14.2. The zero-order valence-electron chi connectivity index (χ0n) is 64.2. The van der Waals surface area contributed by atoms with Crippen molar-refractivity contribution < 1.29 is 118 Å². The predicted octanol–water partition coefficient (Wildman–Crippen LogP) is 10.4. The number of carbonyl (C=O) groups is 4. The largest absolute Gasteiger partial charge is 0.481 e. The van der Waals surface area contributed by atoms with Gasteiger partial charge in [0.25, 0.3) is 0 Å². The lowest BCUT2D eigenvalue weighted by Gasteiger charge is -2.45. The summed E-state index contributed by atoms with van der Waals surface area (Å²) in [6.07, 6.45) is 23.5. The predicted molar refractivity (Wildman–Crippen MR) is 404 cm³/mol. The van der Waals surface area contributed by atoms with Crippen LogP contribution in [0.1, 0.15) is 247 Å². The van der Waals surface area contributed by atoms with Gasteiger partial charge in [-0.25, -0.2) is 0 Å². The van der Waals surface area contributed by atoms with Gasteiger partial charge in [0.1, 0.15) is 24.7 Å². The van der Waals surface area contributed by atoms with Crippen molar-refractivity contribution in [2.75, 3.05) is 25.9 Å². The van der Waals surface area contributed by atoms with Crippen LogP contribution in [-0.4, -0.2) is 214 Å². The molecule has 3 aliphatic heterocycles. The third-order valence-corrected chi connectivity index (χ3v) is 21.2. The highest BCUT2D eigenvalue weighted by Gasteiger charge is 2.51. The fourth-order valence-electron chi connectivity index (χ4n) is 13.3. The zero-order chi connectivity index (χ0) is 78.3. The molecule has 25 nitrogen and oxygen atoms in total. The number of esters is 3. The normalized spacial score (nSPS) is 31.2. The van der Waals surface area contributed by atoms with Crippen LogP contribution in [0.2, 0.25) is 0 Å². The van der Waals surface area contributed by atoms with Crippen molar-refractivity contribution in [3.8, 4) is 0 Å². The molecule has 0 amide bonds. The molecule has 0 aliphatic carbocycles. The average Bonchev–Trinajstić information content (AvgIpc) is 0.789. The van der Waals surface area contributed by atoms with Crippen LogP contribution in [0.15, 0.2) is 85.1 Å². The molecule has 106 heavy (non-hydrogen) atoms. The van der Waals surface area contributed by atoms with E-state index in [1.807, 2.05) is 13.0 Å². The lowest BCUT2D eigenvalue weighted by molar-refractivity contribution is -0.309. The molecule has 26 heteroatoms. The molecule has 3 aliphatic rings. The van der Waals surface area contributed by atoms with Crippen molar-refractivity contribution in [3.63, 3.8) is 0 Å². The van der Waals surface area contributed by atoms with Gasteiger partial charge in [-0.1, -0.05) is 241 Å². The minimum absolute atomic E-state index is 0.0954. The van der Waals surface area contributed by atoms with Gasteiger partial charge in [-0.3, -0.25) is 23.7 Å². The second-order valence-corrected chi connectivity index (χ2v) is 31.5. The zero-order valence-corrected chi connectivity index (χ0v) is 65.1. The van der Waals surface area contributed by atoms with Gasteiger partial charge >= 0.3 is 31.5 Å². The molecule has 2 fully saturated rings. The first-order chi connectivity index (χ1) is 50.6. The topological polar surface area (TPSA) is 405 Å². The van der Waals surface area contributed by atoms with Crippen molar-refractivity contribution >= 4 is 31.5 Å².